The molecule has 1 aromatic heterocycles. The molecule has 0 aliphatic rings. The summed E-state index contributed by atoms with van der Waals surface area (Å²) >= 11 is 0. The number of methoxy groups -OCH3 is 1. The van der Waals surface area contributed by atoms with Gasteiger partial charge in [-0.3, -0.25) is 0 Å². The van der Waals surface area contributed by atoms with Crippen LogP contribution in [0.4, 0.5) is 11.6 Å². The standard InChI is InChI=1S/C14H26N4O/c1-5-6-7-8-18(11(2)3)14-9-12(15)16-13(17-14)10-19-4/h9,11H,5-8,10H2,1-4H3,(H2,15,16,17). The molecule has 0 spiro atoms. The minimum atomic E-state index is 0.388. The van der Waals surface area contributed by atoms with Gasteiger partial charge in [-0.05, 0) is 20.3 Å². The van der Waals surface area contributed by atoms with Crippen LogP contribution in [-0.2, 0) is 11.3 Å². The van der Waals surface area contributed by atoms with Crippen molar-refractivity contribution in [1.29, 1.82) is 0 Å². The van der Waals surface area contributed by atoms with E-state index in [4.69, 9.17) is 10.5 Å². The molecule has 0 atom stereocenters. The Morgan fingerprint density at radius 3 is 2.63 bits per heavy atom. The summed E-state index contributed by atoms with van der Waals surface area (Å²) in [6.45, 7) is 7.92. The van der Waals surface area contributed by atoms with Crippen LogP contribution in [0.15, 0.2) is 6.07 Å². The van der Waals surface area contributed by atoms with Crippen molar-refractivity contribution in [2.45, 2.75) is 52.7 Å². The molecular weight excluding hydrogens is 240 g/mol. The van der Waals surface area contributed by atoms with E-state index in [9.17, 15) is 0 Å². The number of nitrogens with zero attached hydrogens (tertiary/aromatic N) is 3. The van der Waals surface area contributed by atoms with Crippen LogP contribution in [0.3, 0.4) is 0 Å². The first-order valence-corrected chi connectivity index (χ1v) is 6.97. The van der Waals surface area contributed by atoms with Crippen molar-refractivity contribution >= 4 is 11.6 Å². The summed E-state index contributed by atoms with van der Waals surface area (Å²) in [5.41, 5.74) is 5.85. The topological polar surface area (TPSA) is 64.3 Å². The predicted octanol–water partition coefficient (Wildman–Crippen LogP) is 2.61. The van der Waals surface area contributed by atoms with Crippen LogP contribution < -0.4 is 10.6 Å². The first-order valence-electron chi connectivity index (χ1n) is 6.97. The first-order chi connectivity index (χ1) is 9.08. The molecular formula is C14H26N4O. The van der Waals surface area contributed by atoms with Crippen molar-refractivity contribution in [1.82, 2.24) is 9.97 Å². The Labute approximate surface area is 116 Å². The molecule has 0 aliphatic carbocycles. The second kappa shape index (κ2) is 7.94. The zero-order valence-electron chi connectivity index (χ0n) is 12.5. The second-order valence-electron chi connectivity index (χ2n) is 4.99. The van der Waals surface area contributed by atoms with Crippen LogP contribution in [-0.4, -0.2) is 29.7 Å². The highest BCUT2D eigenvalue weighted by atomic mass is 16.5. The van der Waals surface area contributed by atoms with Gasteiger partial charge in [-0.1, -0.05) is 19.8 Å². The van der Waals surface area contributed by atoms with E-state index in [0.29, 0.717) is 24.3 Å². The molecule has 1 heterocycles. The van der Waals surface area contributed by atoms with E-state index in [1.807, 2.05) is 6.07 Å². The van der Waals surface area contributed by atoms with Crippen LogP contribution in [0.2, 0.25) is 0 Å². The molecule has 0 bridgehead atoms. The molecule has 0 saturated carbocycles. The van der Waals surface area contributed by atoms with Crippen molar-refractivity contribution in [2.24, 2.45) is 0 Å². The van der Waals surface area contributed by atoms with Crippen molar-refractivity contribution in [2.75, 3.05) is 24.3 Å². The fraction of sp³-hybridized carbons (Fsp3) is 0.714. The van der Waals surface area contributed by atoms with Crippen LogP contribution in [0, 0.1) is 0 Å². The molecule has 5 heteroatoms. The van der Waals surface area contributed by atoms with E-state index in [-0.39, 0.29) is 0 Å². The Bertz CT molecular complexity index is 382. The molecule has 108 valence electrons. The maximum Gasteiger partial charge on any atom is 0.158 e. The maximum absolute atomic E-state index is 5.85. The smallest absolute Gasteiger partial charge is 0.158 e. The third-order valence-corrected chi connectivity index (χ3v) is 2.97. The van der Waals surface area contributed by atoms with Crippen LogP contribution in [0.5, 0.6) is 0 Å². The number of unbranched alkanes of at least 4 members (excludes halogenated alkanes) is 2. The molecule has 0 radical (unpaired) electrons. The molecule has 0 amide bonds. The highest BCUT2D eigenvalue weighted by Crippen LogP contribution is 2.18. The predicted molar refractivity (Wildman–Crippen MR) is 79.2 cm³/mol. The quantitative estimate of drug-likeness (QED) is 0.733. The SMILES string of the molecule is CCCCCN(c1cc(N)nc(COC)n1)C(C)C. The van der Waals surface area contributed by atoms with Gasteiger partial charge < -0.3 is 15.4 Å². The van der Waals surface area contributed by atoms with Gasteiger partial charge in [0.2, 0.25) is 0 Å². The number of aromatic nitrogens is 2. The van der Waals surface area contributed by atoms with Gasteiger partial charge in [-0.2, -0.15) is 0 Å². The normalized spacial score (nSPS) is 11.0. The molecule has 0 unspecified atom stereocenters. The van der Waals surface area contributed by atoms with Crippen molar-refractivity contribution in [3.63, 3.8) is 0 Å². The van der Waals surface area contributed by atoms with Gasteiger partial charge in [0.1, 0.15) is 18.2 Å². The number of hydrogen-bond acceptors (Lipinski definition) is 5. The number of rotatable bonds is 8. The largest absolute Gasteiger partial charge is 0.384 e. The monoisotopic (exact) mass is 266 g/mol. The van der Waals surface area contributed by atoms with Crippen molar-refractivity contribution in [3.8, 4) is 0 Å². The number of ether oxygens (including phenoxy) is 1. The Morgan fingerprint density at radius 1 is 1.32 bits per heavy atom. The van der Waals surface area contributed by atoms with E-state index < -0.39 is 0 Å². The summed E-state index contributed by atoms with van der Waals surface area (Å²) in [6.07, 6.45) is 3.61. The molecule has 1 rings (SSSR count). The zero-order chi connectivity index (χ0) is 14.3. The average molecular weight is 266 g/mol. The summed E-state index contributed by atoms with van der Waals surface area (Å²) in [6, 6.07) is 2.23. The molecule has 0 saturated heterocycles. The van der Waals surface area contributed by atoms with Gasteiger partial charge in [-0.25, -0.2) is 9.97 Å². The van der Waals surface area contributed by atoms with Gasteiger partial charge in [-0.15, -0.1) is 0 Å². The molecule has 19 heavy (non-hydrogen) atoms. The van der Waals surface area contributed by atoms with Crippen LogP contribution in [0.25, 0.3) is 0 Å². The summed E-state index contributed by atoms with van der Waals surface area (Å²) in [7, 11) is 1.63. The second-order valence-corrected chi connectivity index (χ2v) is 4.99. The van der Waals surface area contributed by atoms with E-state index >= 15 is 0 Å². The molecule has 0 aromatic carbocycles. The third-order valence-electron chi connectivity index (χ3n) is 2.97. The summed E-state index contributed by atoms with van der Waals surface area (Å²) in [4.78, 5) is 11.0. The van der Waals surface area contributed by atoms with E-state index in [2.05, 4.69) is 35.6 Å². The molecule has 1 aromatic rings. The minimum Gasteiger partial charge on any atom is -0.384 e. The Kier molecular flexibility index (Phi) is 6.56. The van der Waals surface area contributed by atoms with Crippen molar-refractivity contribution in [3.05, 3.63) is 11.9 Å². The lowest BCUT2D eigenvalue weighted by molar-refractivity contribution is 0.178. The number of anilines is 2. The Hall–Kier alpha value is -1.36. The first kappa shape index (κ1) is 15.7. The van der Waals surface area contributed by atoms with E-state index in [1.54, 1.807) is 7.11 Å². The van der Waals surface area contributed by atoms with E-state index in [0.717, 1.165) is 18.8 Å². The number of nitrogen functional groups attached to an aromatic ring is 1. The summed E-state index contributed by atoms with van der Waals surface area (Å²) in [5, 5.41) is 0. The number of nitrogens with two attached hydrogens (primary N) is 1. The molecule has 0 aliphatic heterocycles. The molecule has 2 N–H and O–H groups in total. The van der Waals surface area contributed by atoms with Gasteiger partial charge in [0.25, 0.3) is 0 Å². The fourth-order valence-corrected chi connectivity index (χ4v) is 2.01. The summed E-state index contributed by atoms with van der Waals surface area (Å²) < 4.78 is 5.08. The molecule has 5 nitrogen and oxygen atoms in total. The van der Waals surface area contributed by atoms with Crippen LogP contribution >= 0.6 is 0 Å². The highest BCUT2D eigenvalue weighted by Gasteiger charge is 2.13. The van der Waals surface area contributed by atoms with Gasteiger partial charge >= 0.3 is 0 Å². The fourth-order valence-electron chi connectivity index (χ4n) is 2.01. The maximum atomic E-state index is 5.85. The highest BCUT2D eigenvalue weighted by molar-refractivity contribution is 5.47. The van der Waals surface area contributed by atoms with Gasteiger partial charge in [0.15, 0.2) is 5.82 Å². The third kappa shape index (κ3) is 5.03. The Morgan fingerprint density at radius 2 is 2.05 bits per heavy atom. The van der Waals surface area contributed by atoms with Crippen LogP contribution in [0.1, 0.15) is 45.9 Å². The number of hydrogen-bond donors (Lipinski definition) is 1. The van der Waals surface area contributed by atoms with Gasteiger partial charge in [0.05, 0.1) is 0 Å². The molecule has 0 fully saturated rings. The van der Waals surface area contributed by atoms with E-state index in [1.165, 1.54) is 12.8 Å². The summed E-state index contributed by atoms with van der Waals surface area (Å²) in [5.74, 6) is 2.03. The Balaban J connectivity index is 2.88. The van der Waals surface area contributed by atoms with Gasteiger partial charge in [0, 0.05) is 25.8 Å². The lowest BCUT2D eigenvalue weighted by atomic mass is 10.2. The lowest BCUT2D eigenvalue weighted by Crippen LogP contribution is -2.33. The lowest BCUT2D eigenvalue weighted by Gasteiger charge is -2.28. The van der Waals surface area contributed by atoms with Crippen molar-refractivity contribution < 1.29 is 4.74 Å². The average Bonchev–Trinajstić information content (AvgIpc) is 2.33. The minimum absolute atomic E-state index is 0.388. The zero-order valence-corrected chi connectivity index (χ0v) is 12.5.